The molecule has 0 fully saturated rings. The highest BCUT2D eigenvalue weighted by Crippen LogP contribution is 2.09. The second-order valence-corrected chi connectivity index (χ2v) is 5.05. The zero-order valence-electron chi connectivity index (χ0n) is 9.47. The standard InChI is InChI=1S/C12H14BrF2NO/c1-2-3-9(13)7-16-12(17)8-4-10(14)6-11(15)5-8/h4-6,9H,2-3,7H2,1H3,(H,16,17). The van der Waals surface area contributed by atoms with Gasteiger partial charge in [-0.25, -0.2) is 8.78 Å². The smallest absolute Gasteiger partial charge is 0.251 e. The van der Waals surface area contributed by atoms with Gasteiger partial charge in [-0.15, -0.1) is 0 Å². The Balaban J connectivity index is 2.58. The highest BCUT2D eigenvalue weighted by atomic mass is 79.9. The summed E-state index contributed by atoms with van der Waals surface area (Å²) in [6, 6.07) is 2.77. The van der Waals surface area contributed by atoms with Crippen molar-refractivity contribution in [1.82, 2.24) is 5.32 Å². The Bertz CT molecular complexity index is 378. The molecule has 0 bridgehead atoms. The normalized spacial score (nSPS) is 12.2. The summed E-state index contributed by atoms with van der Waals surface area (Å²) in [5.41, 5.74) is -0.00121. The SMILES string of the molecule is CCCC(Br)CNC(=O)c1cc(F)cc(F)c1. The Morgan fingerprint density at radius 1 is 1.35 bits per heavy atom. The molecular weight excluding hydrogens is 292 g/mol. The molecule has 1 unspecified atom stereocenters. The Labute approximate surface area is 108 Å². The van der Waals surface area contributed by atoms with Crippen molar-refractivity contribution in [3.63, 3.8) is 0 Å². The van der Waals surface area contributed by atoms with Crippen molar-refractivity contribution in [1.29, 1.82) is 0 Å². The van der Waals surface area contributed by atoms with Gasteiger partial charge < -0.3 is 5.32 Å². The van der Waals surface area contributed by atoms with Crippen molar-refractivity contribution in [2.45, 2.75) is 24.6 Å². The van der Waals surface area contributed by atoms with Crippen molar-refractivity contribution in [3.05, 3.63) is 35.4 Å². The molecule has 1 amide bonds. The van der Waals surface area contributed by atoms with Crippen LogP contribution in [0.4, 0.5) is 8.78 Å². The third-order valence-corrected chi connectivity index (χ3v) is 2.99. The fourth-order valence-corrected chi connectivity index (χ4v) is 2.03. The first-order chi connectivity index (χ1) is 8.02. The highest BCUT2D eigenvalue weighted by molar-refractivity contribution is 9.09. The second-order valence-electron chi connectivity index (χ2n) is 3.75. The van der Waals surface area contributed by atoms with E-state index in [4.69, 9.17) is 0 Å². The summed E-state index contributed by atoms with van der Waals surface area (Å²) in [6.07, 6.45) is 1.93. The lowest BCUT2D eigenvalue weighted by Gasteiger charge is -2.10. The largest absolute Gasteiger partial charge is 0.351 e. The van der Waals surface area contributed by atoms with Crippen LogP contribution in [0.25, 0.3) is 0 Å². The predicted octanol–water partition coefficient (Wildman–Crippen LogP) is 3.26. The van der Waals surface area contributed by atoms with Gasteiger partial charge in [0, 0.05) is 23.0 Å². The van der Waals surface area contributed by atoms with Crippen LogP contribution >= 0.6 is 15.9 Å². The fourth-order valence-electron chi connectivity index (χ4n) is 1.41. The van der Waals surface area contributed by atoms with Gasteiger partial charge >= 0.3 is 0 Å². The molecule has 1 aromatic carbocycles. The monoisotopic (exact) mass is 305 g/mol. The molecule has 1 rings (SSSR count). The lowest BCUT2D eigenvalue weighted by Crippen LogP contribution is -2.29. The lowest BCUT2D eigenvalue weighted by atomic mass is 10.2. The number of hydrogen-bond acceptors (Lipinski definition) is 1. The number of benzene rings is 1. The number of alkyl halides is 1. The zero-order chi connectivity index (χ0) is 12.8. The number of hydrogen-bond donors (Lipinski definition) is 1. The topological polar surface area (TPSA) is 29.1 Å². The third kappa shape index (κ3) is 4.81. The molecule has 0 saturated heterocycles. The van der Waals surface area contributed by atoms with Crippen LogP contribution in [0.15, 0.2) is 18.2 Å². The maximum atomic E-state index is 12.9. The first-order valence-corrected chi connectivity index (χ1v) is 6.33. The Morgan fingerprint density at radius 2 is 1.94 bits per heavy atom. The van der Waals surface area contributed by atoms with E-state index in [-0.39, 0.29) is 10.4 Å². The summed E-state index contributed by atoms with van der Waals surface area (Å²) >= 11 is 3.41. The second kappa shape index (κ2) is 6.69. The molecule has 5 heteroatoms. The van der Waals surface area contributed by atoms with Gasteiger partial charge in [0.05, 0.1) is 0 Å². The van der Waals surface area contributed by atoms with E-state index in [1.54, 1.807) is 0 Å². The molecule has 0 spiro atoms. The molecule has 1 N–H and O–H groups in total. The number of carbonyl (C=O) groups excluding carboxylic acids is 1. The van der Waals surface area contributed by atoms with Crippen molar-refractivity contribution in [2.75, 3.05) is 6.54 Å². The maximum Gasteiger partial charge on any atom is 0.251 e. The Morgan fingerprint density at radius 3 is 2.47 bits per heavy atom. The van der Waals surface area contributed by atoms with Crippen LogP contribution < -0.4 is 5.32 Å². The Kier molecular flexibility index (Phi) is 5.55. The minimum Gasteiger partial charge on any atom is -0.351 e. The molecular formula is C12H14BrF2NO. The maximum absolute atomic E-state index is 12.9. The molecule has 0 saturated carbocycles. The molecule has 1 aromatic rings. The average molecular weight is 306 g/mol. The van der Waals surface area contributed by atoms with Gasteiger partial charge in [-0.2, -0.15) is 0 Å². The van der Waals surface area contributed by atoms with Gasteiger partial charge in [-0.3, -0.25) is 4.79 Å². The number of carbonyl (C=O) groups is 1. The fraction of sp³-hybridized carbons (Fsp3) is 0.417. The van der Waals surface area contributed by atoms with Gasteiger partial charge in [-0.05, 0) is 18.6 Å². The van der Waals surface area contributed by atoms with E-state index in [1.807, 2.05) is 6.92 Å². The number of nitrogens with one attached hydrogen (secondary N) is 1. The molecule has 17 heavy (non-hydrogen) atoms. The van der Waals surface area contributed by atoms with Gasteiger partial charge in [0.1, 0.15) is 11.6 Å². The van der Waals surface area contributed by atoms with E-state index in [9.17, 15) is 13.6 Å². The zero-order valence-corrected chi connectivity index (χ0v) is 11.1. The summed E-state index contributed by atoms with van der Waals surface area (Å²) in [4.78, 5) is 11.8. The first-order valence-electron chi connectivity index (χ1n) is 5.41. The van der Waals surface area contributed by atoms with Gasteiger partial charge in [0.2, 0.25) is 0 Å². The van der Waals surface area contributed by atoms with Crippen LogP contribution in [0.2, 0.25) is 0 Å². The molecule has 94 valence electrons. The molecule has 0 radical (unpaired) electrons. The van der Waals surface area contributed by atoms with Gasteiger partial charge in [0.15, 0.2) is 0 Å². The molecule has 0 aliphatic carbocycles. The van der Waals surface area contributed by atoms with Crippen LogP contribution in [-0.4, -0.2) is 17.3 Å². The van der Waals surface area contributed by atoms with Crippen molar-refractivity contribution < 1.29 is 13.6 Å². The van der Waals surface area contributed by atoms with E-state index < -0.39 is 17.5 Å². The van der Waals surface area contributed by atoms with E-state index in [2.05, 4.69) is 21.2 Å². The summed E-state index contributed by atoms with van der Waals surface area (Å²) in [5, 5.41) is 2.62. The third-order valence-electron chi connectivity index (χ3n) is 2.21. The van der Waals surface area contributed by atoms with Gasteiger partial charge in [0.25, 0.3) is 5.91 Å². The average Bonchev–Trinajstić information content (AvgIpc) is 2.25. The van der Waals surface area contributed by atoms with Gasteiger partial charge in [-0.1, -0.05) is 29.3 Å². The molecule has 0 aliphatic heterocycles. The Hall–Kier alpha value is -0.970. The summed E-state index contributed by atoms with van der Waals surface area (Å²) < 4.78 is 25.8. The predicted molar refractivity (Wildman–Crippen MR) is 66.3 cm³/mol. The summed E-state index contributed by atoms with van der Waals surface area (Å²) in [6.45, 7) is 2.48. The van der Waals surface area contributed by atoms with Crippen molar-refractivity contribution in [2.24, 2.45) is 0 Å². The molecule has 0 aliphatic rings. The van der Waals surface area contributed by atoms with Crippen LogP contribution in [0, 0.1) is 11.6 Å². The molecule has 0 aromatic heterocycles. The van der Waals surface area contributed by atoms with Crippen LogP contribution in [0.1, 0.15) is 30.1 Å². The highest BCUT2D eigenvalue weighted by Gasteiger charge is 2.10. The minimum absolute atomic E-state index is 0.00121. The van der Waals surface area contributed by atoms with Crippen LogP contribution in [-0.2, 0) is 0 Å². The van der Waals surface area contributed by atoms with E-state index in [0.717, 1.165) is 31.0 Å². The van der Waals surface area contributed by atoms with E-state index in [1.165, 1.54) is 0 Å². The minimum atomic E-state index is -0.751. The van der Waals surface area contributed by atoms with Crippen LogP contribution in [0.3, 0.4) is 0 Å². The quantitative estimate of drug-likeness (QED) is 0.831. The molecule has 0 heterocycles. The number of halogens is 3. The summed E-state index contributed by atoms with van der Waals surface area (Å²) in [5.74, 6) is -1.97. The van der Waals surface area contributed by atoms with Crippen molar-refractivity contribution in [3.8, 4) is 0 Å². The first kappa shape index (κ1) is 14.1. The van der Waals surface area contributed by atoms with E-state index in [0.29, 0.717) is 6.54 Å². The number of amides is 1. The van der Waals surface area contributed by atoms with E-state index >= 15 is 0 Å². The molecule has 1 atom stereocenters. The van der Waals surface area contributed by atoms with Crippen LogP contribution in [0.5, 0.6) is 0 Å². The van der Waals surface area contributed by atoms with Crippen molar-refractivity contribution >= 4 is 21.8 Å². The lowest BCUT2D eigenvalue weighted by molar-refractivity contribution is 0.0952. The number of rotatable bonds is 5. The summed E-state index contributed by atoms with van der Waals surface area (Å²) in [7, 11) is 0. The molecule has 2 nitrogen and oxygen atoms in total.